The van der Waals surface area contributed by atoms with Crippen LogP contribution in [-0.4, -0.2) is 68.1 Å². The number of aromatic nitrogens is 5. The lowest BCUT2D eigenvalue weighted by molar-refractivity contribution is 0.148. The van der Waals surface area contributed by atoms with Crippen molar-refractivity contribution >= 4 is 22.8 Å². The number of nitrogens with one attached hydrogen (secondary N) is 2. The van der Waals surface area contributed by atoms with Gasteiger partial charge in [0.25, 0.3) is 5.89 Å². The van der Waals surface area contributed by atoms with Crippen LogP contribution in [0.1, 0.15) is 17.0 Å². The summed E-state index contributed by atoms with van der Waals surface area (Å²) in [5.74, 6) is 2.56. The van der Waals surface area contributed by atoms with Gasteiger partial charge in [-0.25, -0.2) is 9.97 Å². The summed E-state index contributed by atoms with van der Waals surface area (Å²) < 4.78 is 5.53. The third-order valence-electron chi connectivity index (χ3n) is 6.47. The molecule has 1 fully saturated rings. The fraction of sp³-hybridized carbons (Fsp3) is 0.259. The highest BCUT2D eigenvalue weighted by atomic mass is 16.5. The van der Waals surface area contributed by atoms with Crippen LogP contribution in [0, 0.1) is 0 Å². The molecule has 0 atom stereocenters. The number of piperazine rings is 1. The van der Waals surface area contributed by atoms with Gasteiger partial charge in [-0.3, -0.25) is 4.90 Å². The van der Waals surface area contributed by atoms with Gasteiger partial charge in [-0.2, -0.15) is 4.98 Å². The zero-order chi connectivity index (χ0) is 24.3. The van der Waals surface area contributed by atoms with Gasteiger partial charge in [-0.05, 0) is 48.5 Å². The molecule has 0 radical (unpaired) electrons. The number of imidazole rings is 1. The van der Waals surface area contributed by atoms with E-state index in [1.165, 1.54) is 5.56 Å². The maximum atomic E-state index is 5.53. The summed E-state index contributed by atoms with van der Waals surface area (Å²) in [6.07, 6.45) is 2.47. The average Bonchev–Trinajstić information content (AvgIpc) is 3.52. The van der Waals surface area contributed by atoms with E-state index in [9.17, 15) is 0 Å². The first-order chi connectivity index (χ1) is 17.7. The van der Waals surface area contributed by atoms with E-state index in [-0.39, 0.29) is 0 Å². The summed E-state index contributed by atoms with van der Waals surface area (Å²) in [7, 11) is 2.17. The molecule has 0 spiro atoms. The van der Waals surface area contributed by atoms with E-state index >= 15 is 0 Å². The van der Waals surface area contributed by atoms with Gasteiger partial charge in [0, 0.05) is 50.9 Å². The lowest BCUT2D eigenvalue weighted by Gasteiger charge is -2.32. The molecule has 36 heavy (non-hydrogen) atoms. The Morgan fingerprint density at radius 1 is 0.944 bits per heavy atom. The van der Waals surface area contributed by atoms with Gasteiger partial charge in [-0.1, -0.05) is 35.5 Å². The van der Waals surface area contributed by atoms with Crippen molar-refractivity contribution in [3.63, 3.8) is 0 Å². The molecule has 9 heteroatoms. The lowest BCUT2D eigenvalue weighted by Crippen LogP contribution is -2.43. The number of fused-ring (bicyclic) bond motifs is 1. The Bertz CT molecular complexity index is 1450. The van der Waals surface area contributed by atoms with E-state index in [1.54, 1.807) is 0 Å². The highest BCUT2D eigenvalue weighted by Crippen LogP contribution is 2.25. The molecular weight excluding hydrogens is 452 g/mol. The number of nitrogens with zero attached hydrogens (tertiary/aromatic N) is 6. The number of rotatable bonds is 7. The summed E-state index contributed by atoms with van der Waals surface area (Å²) in [6, 6.07) is 20.2. The normalized spacial score (nSPS) is 14.9. The quantitative estimate of drug-likeness (QED) is 0.359. The standard InChI is InChI=1S/C27H28N8O/c1-34-11-13-35(14-12-34)18-20-9-10-28-24(16-20)32-27-29-22-8-7-21(17-23(22)30-27)26-31-25(33-36-26)15-19-5-3-2-4-6-19/h2-10,16-17H,11-15,18H2,1H3,(H2,28,29,30,32). The van der Waals surface area contributed by atoms with Crippen LogP contribution in [0.25, 0.3) is 22.5 Å². The Labute approximate surface area is 209 Å². The van der Waals surface area contributed by atoms with Crippen LogP contribution in [0.15, 0.2) is 71.4 Å². The Morgan fingerprint density at radius 2 is 1.81 bits per heavy atom. The highest BCUT2D eigenvalue weighted by Gasteiger charge is 2.15. The first-order valence-corrected chi connectivity index (χ1v) is 12.2. The van der Waals surface area contributed by atoms with Crippen molar-refractivity contribution in [1.29, 1.82) is 0 Å². The fourth-order valence-electron chi connectivity index (χ4n) is 4.45. The first kappa shape index (κ1) is 22.4. The molecule has 5 aromatic rings. The van der Waals surface area contributed by atoms with Gasteiger partial charge < -0.3 is 19.7 Å². The van der Waals surface area contributed by atoms with Crippen molar-refractivity contribution in [2.45, 2.75) is 13.0 Å². The molecule has 0 amide bonds. The van der Waals surface area contributed by atoms with Crippen LogP contribution in [0.4, 0.5) is 11.8 Å². The maximum absolute atomic E-state index is 5.53. The highest BCUT2D eigenvalue weighted by molar-refractivity contribution is 5.82. The second kappa shape index (κ2) is 9.88. The van der Waals surface area contributed by atoms with Gasteiger partial charge in [0.2, 0.25) is 5.95 Å². The molecule has 2 aromatic carbocycles. The number of benzene rings is 2. The van der Waals surface area contributed by atoms with Crippen molar-refractivity contribution in [2.75, 3.05) is 38.5 Å². The molecule has 182 valence electrons. The molecule has 3 aromatic heterocycles. The minimum atomic E-state index is 0.491. The van der Waals surface area contributed by atoms with Crippen LogP contribution in [0.2, 0.25) is 0 Å². The molecule has 1 aliphatic rings. The lowest BCUT2D eigenvalue weighted by atomic mass is 10.1. The molecule has 1 aliphatic heterocycles. The number of hydrogen-bond donors (Lipinski definition) is 2. The van der Waals surface area contributed by atoms with E-state index in [4.69, 9.17) is 4.52 Å². The van der Waals surface area contributed by atoms with Gasteiger partial charge in [0.05, 0.1) is 11.0 Å². The zero-order valence-electron chi connectivity index (χ0n) is 20.2. The van der Waals surface area contributed by atoms with Crippen molar-refractivity contribution < 1.29 is 4.52 Å². The second-order valence-electron chi connectivity index (χ2n) is 9.25. The minimum absolute atomic E-state index is 0.491. The van der Waals surface area contributed by atoms with Crippen molar-refractivity contribution in [3.05, 3.63) is 83.8 Å². The molecule has 9 nitrogen and oxygen atoms in total. The fourth-order valence-corrected chi connectivity index (χ4v) is 4.45. The number of hydrogen-bond acceptors (Lipinski definition) is 8. The number of pyridine rings is 1. The molecule has 0 bridgehead atoms. The Hall–Kier alpha value is -4.08. The largest absolute Gasteiger partial charge is 0.334 e. The van der Waals surface area contributed by atoms with E-state index in [0.29, 0.717) is 24.1 Å². The maximum Gasteiger partial charge on any atom is 0.258 e. The van der Waals surface area contributed by atoms with Crippen LogP contribution < -0.4 is 5.32 Å². The van der Waals surface area contributed by atoms with Gasteiger partial charge >= 0.3 is 0 Å². The molecular formula is C27H28N8O. The molecule has 1 saturated heterocycles. The minimum Gasteiger partial charge on any atom is -0.334 e. The van der Waals surface area contributed by atoms with Crippen LogP contribution in [-0.2, 0) is 13.0 Å². The number of likely N-dealkylation sites (N-methyl/N-ethyl adjacent to an activating group) is 1. The third kappa shape index (κ3) is 5.12. The summed E-state index contributed by atoms with van der Waals surface area (Å²) >= 11 is 0. The monoisotopic (exact) mass is 480 g/mol. The summed E-state index contributed by atoms with van der Waals surface area (Å²) in [5.41, 5.74) is 4.95. The number of aromatic amines is 1. The average molecular weight is 481 g/mol. The molecule has 6 rings (SSSR count). The van der Waals surface area contributed by atoms with E-state index in [2.05, 4.69) is 71.5 Å². The van der Waals surface area contributed by atoms with Gasteiger partial charge in [0.1, 0.15) is 5.82 Å². The van der Waals surface area contributed by atoms with Crippen molar-refractivity contribution in [1.82, 2.24) is 34.9 Å². The molecule has 0 saturated carbocycles. The van der Waals surface area contributed by atoms with E-state index < -0.39 is 0 Å². The number of anilines is 2. The Kier molecular flexibility index (Phi) is 6.15. The molecule has 0 unspecified atom stereocenters. The van der Waals surface area contributed by atoms with Crippen LogP contribution in [0.3, 0.4) is 0 Å². The van der Waals surface area contributed by atoms with Gasteiger partial charge in [0.15, 0.2) is 5.82 Å². The zero-order valence-corrected chi connectivity index (χ0v) is 20.2. The number of H-pyrrole nitrogens is 1. The topological polar surface area (TPSA) is 99.0 Å². The van der Waals surface area contributed by atoms with Crippen molar-refractivity contribution in [3.8, 4) is 11.5 Å². The Morgan fingerprint density at radius 3 is 2.67 bits per heavy atom. The smallest absolute Gasteiger partial charge is 0.258 e. The second-order valence-corrected chi connectivity index (χ2v) is 9.25. The van der Waals surface area contributed by atoms with E-state index in [1.807, 2.05) is 42.6 Å². The SMILES string of the molecule is CN1CCN(Cc2ccnc(Nc3nc4ccc(-c5nc(Cc6ccccc6)no5)cc4[nH]3)c2)CC1. The van der Waals surface area contributed by atoms with Crippen molar-refractivity contribution in [2.24, 2.45) is 0 Å². The predicted molar refractivity (Wildman–Crippen MR) is 139 cm³/mol. The molecule has 0 aliphatic carbocycles. The predicted octanol–water partition coefficient (Wildman–Crippen LogP) is 4.09. The summed E-state index contributed by atoms with van der Waals surface area (Å²) in [6.45, 7) is 5.30. The van der Waals surface area contributed by atoms with Gasteiger partial charge in [-0.15, -0.1) is 0 Å². The third-order valence-corrected chi connectivity index (χ3v) is 6.47. The first-order valence-electron chi connectivity index (χ1n) is 12.2. The summed E-state index contributed by atoms with van der Waals surface area (Å²) in [5, 5.41) is 7.46. The van der Waals surface area contributed by atoms with E-state index in [0.717, 1.165) is 60.7 Å². The van der Waals surface area contributed by atoms with Crippen LogP contribution in [0.5, 0.6) is 0 Å². The summed E-state index contributed by atoms with van der Waals surface area (Å²) in [4.78, 5) is 21.9. The van der Waals surface area contributed by atoms with Crippen LogP contribution >= 0.6 is 0 Å². The molecule has 4 heterocycles. The Balaban J connectivity index is 1.15. The molecule has 2 N–H and O–H groups in total.